The van der Waals surface area contributed by atoms with Gasteiger partial charge in [-0.2, -0.15) is 0 Å². The number of hydrogen-bond donors (Lipinski definition) is 1. The van der Waals surface area contributed by atoms with Crippen LogP contribution in [0.15, 0.2) is 72.8 Å². The molecule has 0 spiro atoms. The van der Waals surface area contributed by atoms with Crippen molar-refractivity contribution in [3.8, 4) is 0 Å². The van der Waals surface area contributed by atoms with E-state index >= 15 is 0 Å². The molecule has 0 saturated heterocycles. The fourth-order valence-corrected chi connectivity index (χ4v) is 4.35. The highest BCUT2D eigenvalue weighted by Crippen LogP contribution is 2.59. The van der Waals surface area contributed by atoms with Gasteiger partial charge in [0.25, 0.3) is 0 Å². The molecule has 0 unspecified atom stereocenters. The van der Waals surface area contributed by atoms with Crippen molar-refractivity contribution >= 4 is 23.2 Å². The van der Waals surface area contributed by atoms with E-state index < -0.39 is 0 Å². The van der Waals surface area contributed by atoms with Crippen LogP contribution in [-0.2, 0) is 23.1 Å². The Hall–Kier alpha value is -2.58. The molecule has 1 saturated carbocycles. The molecule has 0 aliphatic heterocycles. The summed E-state index contributed by atoms with van der Waals surface area (Å²) in [6.45, 7) is 4.32. The van der Waals surface area contributed by atoms with Gasteiger partial charge in [0.1, 0.15) is 0 Å². The second-order valence-electron chi connectivity index (χ2n) is 7.83. The van der Waals surface area contributed by atoms with Crippen molar-refractivity contribution in [2.45, 2.75) is 38.5 Å². The average molecular weight is 404 g/mol. The first-order chi connectivity index (χ1) is 14.1. The van der Waals surface area contributed by atoms with Crippen molar-refractivity contribution in [1.82, 2.24) is 0 Å². The van der Waals surface area contributed by atoms with Crippen LogP contribution in [-0.4, -0.2) is 5.91 Å². The zero-order chi connectivity index (χ0) is 20.4. The zero-order valence-corrected chi connectivity index (χ0v) is 17.7. The fraction of sp³-hybridized carbons (Fsp3) is 0.269. The number of rotatable bonds is 6. The van der Waals surface area contributed by atoms with Crippen molar-refractivity contribution in [2.75, 3.05) is 5.32 Å². The molecule has 3 aromatic rings. The molecule has 4 rings (SSSR count). The number of aryl methyl sites for hydroxylation is 2. The first kappa shape index (κ1) is 19.7. The predicted molar refractivity (Wildman–Crippen MR) is 121 cm³/mol. The van der Waals surface area contributed by atoms with E-state index in [2.05, 4.69) is 67.7 Å². The molecule has 1 atom stereocenters. The van der Waals surface area contributed by atoms with Crippen LogP contribution in [0.2, 0.25) is 5.02 Å². The normalized spacial score (nSPS) is 17.0. The zero-order valence-electron chi connectivity index (χ0n) is 16.9. The molecule has 1 N–H and O–H groups in total. The third-order valence-corrected chi connectivity index (χ3v) is 6.40. The number of nitrogens with one attached hydrogen (secondary N) is 1. The van der Waals surface area contributed by atoms with Crippen molar-refractivity contribution in [3.63, 3.8) is 0 Å². The summed E-state index contributed by atoms with van der Waals surface area (Å²) in [4.78, 5) is 13.1. The van der Waals surface area contributed by atoms with Crippen molar-refractivity contribution in [1.29, 1.82) is 0 Å². The lowest BCUT2D eigenvalue weighted by atomic mass is 9.84. The standard InChI is InChI=1S/C26H26ClNO/c1-3-18-5-9-20(10-6-18)26(21-11-7-19(4-2)8-12-21)17-24(26)25(29)28-23-15-13-22(27)14-16-23/h5-16,24H,3-4,17H2,1-2H3,(H,28,29)/t24-/m0/s1. The highest BCUT2D eigenvalue weighted by atomic mass is 35.5. The Balaban J connectivity index is 1.66. The summed E-state index contributed by atoms with van der Waals surface area (Å²) >= 11 is 5.97. The van der Waals surface area contributed by atoms with Crippen LogP contribution in [0, 0.1) is 5.92 Å². The van der Waals surface area contributed by atoms with E-state index in [-0.39, 0.29) is 17.2 Å². The summed E-state index contributed by atoms with van der Waals surface area (Å²) in [6, 6.07) is 24.8. The fourth-order valence-electron chi connectivity index (χ4n) is 4.22. The number of halogens is 1. The van der Waals surface area contributed by atoms with Gasteiger partial charge in [-0.25, -0.2) is 0 Å². The summed E-state index contributed by atoms with van der Waals surface area (Å²) in [6.07, 6.45) is 2.85. The summed E-state index contributed by atoms with van der Waals surface area (Å²) in [5.41, 5.74) is 5.59. The van der Waals surface area contributed by atoms with Crippen LogP contribution in [0.25, 0.3) is 0 Å². The molecule has 2 nitrogen and oxygen atoms in total. The first-order valence-corrected chi connectivity index (χ1v) is 10.7. The maximum Gasteiger partial charge on any atom is 0.228 e. The Morgan fingerprint density at radius 2 is 1.34 bits per heavy atom. The van der Waals surface area contributed by atoms with Crippen LogP contribution >= 0.6 is 11.6 Å². The lowest BCUT2D eigenvalue weighted by Crippen LogP contribution is -2.22. The van der Waals surface area contributed by atoms with E-state index in [0.29, 0.717) is 5.02 Å². The summed E-state index contributed by atoms with van der Waals surface area (Å²) in [5, 5.41) is 3.74. The molecule has 3 aromatic carbocycles. The second-order valence-corrected chi connectivity index (χ2v) is 8.26. The Morgan fingerprint density at radius 3 is 1.79 bits per heavy atom. The van der Waals surface area contributed by atoms with Gasteiger partial charge < -0.3 is 5.32 Å². The van der Waals surface area contributed by atoms with Crippen LogP contribution in [0.5, 0.6) is 0 Å². The number of carbonyl (C=O) groups excluding carboxylic acids is 1. The second kappa shape index (κ2) is 8.04. The van der Waals surface area contributed by atoms with E-state index in [1.807, 2.05) is 12.1 Å². The maximum absolute atomic E-state index is 13.1. The van der Waals surface area contributed by atoms with E-state index in [1.165, 1.54) is 22.3 Å². The van der Waals surface area contributed by atoms with E-state index in [0.717, 1.165) is 24.9 Å². The number of benzene rings is 3. The Labute approximate surface area is 177 Å². The van der Waals surface area contributed by atoms with Crippen LogP contribution in [0.3, 0.4) is 0 Å². The van der Waals surface area contributed by atoms with E-state index in [9.17, 15) is 4.79 Å². The third-order valence-electron chi connectivity index (χ3n) is 6.14. The number of anilines is 1. The Bertz CT molecular complexity index is 943. The summed E-state index contributed by atoms with van der Waals surface area (Å²) < 4.78 is 0. The molecule has 1 fully saturated rings. The molecular weight excluding hydrogens is 378 g/mol. The molecular formula is C26H26ClNO. The van der Waals surface area contributed by atoms with Crippen LogP contribution in [0.1, 0.15) is 42.5 Å². The molecule has 148 valence electrons. The minimum atomic E-state index is -0.255. The van der Waals surface area contributed by atoms with Gasteiger partial charge in [-0.1, -0.05) is 74.0 Å². The smallest absolute Gasteiger partial charge is 0.228 e. The van der Waals surface area contributed by atoms with E-state index in [1.54, 1.807) is 12.1 Å². The van der Waals surface area contributed by atoms with Gasteiger partial charge in [0.2, 0.25) is 5.91 Å². The lowest BCUT2D eigenvalue weighted by molar-refractivity contribution is -0.117. The molecule has 1 aliphatic carbocycles. The maximum atomic E-state index is 13.1. The highest BCUT2D eigenvalue weighted by Gasteiger charge is 2.60. The molecule has 1 aliphatic rings. The summed E-state index contributed by atoms with van der Waals surface area (Å²) in [5.74, 6) is -0.0235. The monoisotopic (exact) mass is 403 g/mol. The molecule has 0 radical (unpaired) electrons. The molecule has 0 heterocycles. The van der Waals surface area contributed by atoms with Gasteiger partial charge >= 0.3 is 0 Å². The largest absolute Gasteiger partial charge is 0.326 e. The Morgan fingerprint density at radius 1 is 0.862 bits per heavy atom. The lowest BCUT2D eigenvalue weighted by Gasteiger charge is -2.20. The minimum Gasteiger partial charge on any atom is -0.326 e. The van der Waals surface area contributed by atoms with Gasteiger partial charge in [-0.05, 0) is 65.8 Å². The van der Waals surface area contributed by atoms with Crippen molar-refractivity contribution in [2.24, 2.45) is 5.92 Å². The van der Waals surface area contributed by atoms with Crippen LogP contribution in [0.4, 0.5) is 5.69 Å². The molecule has 3 heteroatoms. The SMILES string of the molecule is CCc1ccc(C2(c3ccc(CC)cc3)C[C@H]2C(=O)Nc2ccc(Cl)cc2)cc1. The predicted octanol–water partition coefficient (Wildman–Crippen LogP) is 6.41. The van der Waals surface area contributed by atoms with Gasteiger partial charge in [0.05, 0.1) is 5.92 Å². The average Bonchev–Trinajstić information content (AvgIpc) is 3.53. The molecule has 0 bridgehead atoms. The first-order valence-electron chi connectivity index (χ1n) is 10.3. The molecule has 1 amide bonds. The molecule has 29 heavy (non-hydrogen) atoms. The third kappa shape index (κ3) is 3.82. The Kier molecular flexibility index (Phi) is 5.47. The number of amides is 1. The summed E-state index contributed by atoms with van der Waals surface area (Å²) in [7, 11) is 0. The topological polar surface area (TPSA) is 29.1 Å². The minimum absolute atomic E-state index is 0.0615. The molecule has 0 aromatic heterocycles. The quantitative estimate of drug-likeness (QED) is 0.506. The van der Waals surface area contributed by atoms with Crippen LogP contribution < -0.4 is 5.32 Å². The van der Waals surface area contributed by atoms with E-state index in [4.69, 9.17) is 11.6 Å². The number of carbonyl (C=O) groups is 1. The number of hydrogen-bond acceptors (Lipinski definition) is 1. The van der Waals surface area contributed by atoms with Gasteiger partial charge in [0, 0.05) is 16.1 Å². The van der Waals surface area contributed by atoms with Gasteiger partial charge in [0.15, 0.2) is 0 Å². The van der Waals surface area contributed by atoms with Gasteiger partial charge in [-0.15, -0.1) is 0 Å². The van der Waals surface area contributed by atoms with Gasteiger partial charge in [-0.3, -0.25) is 4.79 Å². The van der Waals surface area contributed by atoms with Crippen molar-refractivity contribution < 1.29 is 4.79 Å². The van der Waals surface area contributed by atoms with Crippen molar-refractivity contribution in [3.05, 3.63) is 100 Å². The highest BCUT2D eigenvalue weighted by molar-refractivity contribution is 6.30.